The third-order valence-electron chi connectivity index (χ3n) is 3.37. The second-order valence-electron chi connectivity index (χ2n) is 5.57. The Morgan fingerprint density at radius 2 is 2.10 bits per heavy atom. The largest absolute Gasteiger partial charge is 0.351 e. The van der Waals surface area contributed by atoms with Crippen molar-refractivity contribution in [1.82, 2.24) is 10.6 Å². The van der Waals surface area contributed by atoms with Gasteiger partial charge in [-0.05, 0) is 51.1 Å². The van der Waals surface area contributed by atoms with Crippen molar-refractivity contribution in [3.05, 3.63) is 40.4 Å². The Balaban J connectivity index is 1.90. The van der Waals surface area contributed by atoms with Crippen molar-refractivity contribution in [2.75, 3.05) is 19.6 Å². The van der Waals surface area contributed by atoms with Crippen LogP contribution in [0.25, 0.3) is 0 Å². The molecule has 0 unspecified atom stereocenters. The van der Waals surface area contributed by atoms with Crippen molar-refractivity contribution < 1.29 is 4.79 Å². The van der Waals surface area contributed by atoms with Gasteiger partial charge >= 0.3 is 0 Å². The average molecular weight is 369 g/mol. The molecular formula is C16H21BrN2OS. The molecule has 0 bridgehead atoms. The number of hydrogen-bond donors (Lipinski definition) is 2. The van der Waals surface area contributed by atoms with Crippen LogP contribution in [0, 0.1) is 0 Å². The summed E-state index contributed by atoms with van der Waals surface area (Å²) >= 11 is 5.01. The first kappa shape index (κ1) is 16.6. The third kappa shape index (κ3) is 5.16. The summed E-state index contributed by atoms with van der Waals surface area (Å²) in [4.78, 5) is 13.5. The molecule has 0 atom stereocenters. The third-order valence-corrected chi connectivity index (χ3v) is 5.10. The summed E-state index contributed by atoms with van der Waals surface area (Å²) in [6.07, 6.45) is 3.18. The van der Waals surface area contributed by atoms with Gasteiger partial charge in [0, 0.05) is 22.5 Å². The van der Waals surface area contributed by atoms with Gasteiger partial charge in [0.2, 0.25) is 5.91 Å². The molecule has 0 aromatic heterocycles. The summed E-state index contributed by atoms with van der Waals surface area (Å²) in [5, 5.41) is 6.33. The zero-order chi connectivity index (χ0) is 15.3. The van der Waals surface area contributed by atoms with Crippen molar-refractivity contribution in [1.29, 1.82) is 0 Å². The summed E-state index contributed by atoms with van der Waals surface area (Å²) in [5.74, 6) is 0.0786. The van der Waals surface area contributed by atoms with E-state index in [1.165, 1.54) is 5.57 Å². The summed E-state index contributed by atoms with van der Waals surface area (Å²) in [7, 11) is 0. The molecule has 0 saturated heterocycles. The number of benzene rings is 1. The highest BCUT2D eigenvalue weighted by molar-refractivity contribution is 9.10. The molecule has 2 rings (SSSR count). The normalized spacial score (nSPS) is 15.5. The first-order chi connectivity index (χ1) is 9.97. The van der Waals surface area contributed by atoms with E-state index in [2.05, 4.69) is 32.6 Å². The molecule has 21 heavy (non-hydrogen) atoms. The SMILES string of the molecule is CC(C)(Sc1ccc(Br)cc1)C(=O)NCC1=CCNCC1. The van der Waals surface area contributed by atoms with Gasteiger partial charge in [-0.15, -0.1) is 11.8 Å². The fourth-order valence-corrected chi connectivity index (χ4v) is 3.37. The van der Waals surface area contributed by atoms with E-state index >= 15 is 0 Å². The fraction of sp³-hybridized carbons (Fsp3) is 0.438. The highest BCUT2D eigenvalue weighted by Crippen LogP contribution is 2.33. The van der Waals surface area contributed by atoms with E-state index in [1.54, 1.807) is 11.8 Å². The van der Waals surface area contributed by atoms with Crippen LogP contribution in [-0.4, -0.2) is 30.3 Å². The van der Waals surface area contributed by atoms with Crippen LogP contribution < -0.4 is 10.6 Å². The van der Waals surface area contributed by atoms with Gasteiger partial charge in [-0.25, -0.2) is 0 Å². The zero-order valence-electron chi connectivity index (χ0n) is 12.4. The standard InChI is InChI=1S/C16H21BrN2OS/c1-16(2,21-14-5-3-13(17)4-6-14)15(20)19-11-12-7-9-18-10-8-12/h3-7,18H,8-11H2,1-2H3,(H,19,20). The lowest BCUT2D eigenvalue weighted by molar-refractivity contribution is -0.122. The minimum atomic E-state index is -0.485. The summed E-state index contributed by atoms with van der Waals surface area (Å²) in [6, 6.07) is 8.05. The number of hydrogen-bond acceptors (Lipinski definition) is 3. The second kappa shape index (κ2) is 7.47. The smallest absolute Gasteiger partial charge is 0.236 e. The first-order valence-corrected chi connectivity index (χ1v) is 8.70. The molecule has 1 heterocycles. The maximum atomic E-state index is 12.4. The molecule has 1 aliphatic heterocycles. The number of thioether (sulfide) groups is 1. The van der Waals surface area contributed by atoms with E-state index in [9.17, 15) is 4.79 Å². The molecule has 1 aromatic rings. The molecule has 114 valence electrons. The van der Waals surface area contributed by atoms with Gasteiger partial charge in [-0.1, -0.05) is 27.6 Å². The van der Waals surface area contributed by atoms with Crippen molar-refractivity contribution in [2.45, 2.75) is 29.9 Å². The van der Waals surface area contributed by atoms with E-state index in [4.69, 9.17) is 0 Å². The first-order valence-electron chi connectivity index (χ1n) is 7.09. The van der Waals surface area contributed by atoms with Gasteiger partial charge < -0.3 is 10.6 Å². The van der Waals surface area contributed by atoms with Gasteiger partial charge in [0.05, 0.1) is 4.75 Å². The molecule has 0 radical (unpaired) electrons. The molecule has 0 spiro atoms. The molecule has 5 heteroatoms. The van der Waals surface area contributed by atoms with Crippen LogP contribution in [0.5, 0.6) is 0 Å². The zero-order valence-corrected chi connectivity index (χ0v) is 14.8. The van der Waals surface area contributed by atoms with Crippen LogP contribution in [0.4, 0.5) is 0 Å². The van der Waals surface area contributed by atoms with Crippen molar-refractivity contribution in [2.24, 2.45) is 0 Å². The number of halogens is 1. The van der Waals surface area contributed by atoms with Crippen LogP contribution >= 0.6 is 27.7 Å². The summed E-state index contributed by atoms with van der Waals surface area (Å²) in [5.41, 5.74) is 1.31. The molecule has 0 saturated carbocycles. The highest BCUT2D eigenvalue weighted by Gasteiger charge is 2.28. The monoisotopic (exact) mass is 368 g/mol. The molecule has 1 aromatic carbocycles. The lowest BCUT2D eigenvalue weighted by atomic mass is 10.1. The Labute approximate surface area is 139 Å². The van der Waals surface area contributed by atoms with E-state index in [1.807, 2.05) is 38.1 Å². The van der Waals surface area contributed by atoms with Crippen molar-refractivity contribution in [3.8, 4) is 0 Å². The minimum absolute atomic E-state index is 0.0786. The van der Waals surface area contributed by atoms with Gasteiger partial charge in [0.15, 0.2) is 0 Å². The van der Waals surface area contributed by atoms with E-state index in [0.29, 0.717) is 6.54 Å². The number of amides is 1. The Morgan fingerprint density at radius 3 is 2.71 bits per heavy atom. The van der Waals surface area contributed by atoms with Gasteiger partial charge in [0.1, 0.15) is 0 Å². The number of nitrogens with one attached hydrogen (secondary N) is 2. The predicted molar refractivity (Wildman–Crippen MR) is 92.7 cm³/mol. The summed E-state index contributed by atoms with van der Waals surface area (Å²) < 4.78 is 0.563. The molecule has 1 aliphatic rings. The second-order valence-corrected chi connectivity index (χ2v) is 8.18. The van der Waals surface area contributed by atoms with Crippen LogP contribution in [0.15, 0.2) is 45.3 Å². The Hall–Kier alpha value is -0.780. The maximum Gasteiger partial charge on any atom is 0.236 e. The Morgan fingerprint density at radius 1 is 1.38 bits per heavy atom. The van der Waals surface area contributed by atoms with Crippen LogP contribution in [0.3, 0.4) is 0 Å². The van der Waals surface area contributed by atoms with Gasteiger partial charge in [-0.3, -0.25) is 4.79 Å². The topological polar surface area (TPSA) is 41.1 Å². The van der Waals surface area contributed by atoms with E-state index in [-0.39, 0.29) is 5.91 Å². The maximum absolute atomic E-state index is 12.4. The minimum Gasteiger partial charge on any atom is -0.351 e. The lowest BCUT2D eigenvalue weighted by Crippen LogP contribution is -2.41. The quantitative estimate of drug-likeness (QED) is 0.618. The fourth-order valence-electron chi connectivity index (χ4n) is 2.08. The van der Waals surface area contributed by atoms with Crippen LogP contribution in [0.1, 0.15) is 20.3 Å². The predicted octanol–water partition coefficient (Wildman–Crippen LogP) is 3.36. The molecule has 0 fully saturated rings. The number of carbonyl (C=O) groups excluding carboxylic acids is 1. The van der Waals surface area contributed by atoms with E-state index in [0.717, 1.165) is 28.9 Å². The number of carbonyl (C=O) groups is 1. The Bertz CT molecular complexity index is 526. The van der Waals surface area contributed by atoms with Crippen molar-refractivity contribution in [3.63, 3.8) is 0 Å². The van der Waals surface area contributed by atoms with E-state index < -0.39 is 4.75 Å². The molecule has 2 N–H and O–H groups in total. The van der Waals surface area contributed by atoms with Gasteiger partial charge in [-0.2, -0.15) is 0 Å². The molecule has 3 nitrogen and oxygen atoms in total. The lowest BCUT2D eigenvalue weighted by Gasteiger charge is -2.24. The summed E-state index contributed by atoms with van der Waals surface area (Å²) in [6.45, 7) is 6.49. The Kier molecular flexibility index (Phi) is 5.90. The van der Waals surface area contributed by atoms with Gasteiger partial charge in [0.25, 0.3) is 0 Å². The van der Waals surface area contributed by atoms with Crippen molar-refractivity contribution >= 4 is 33.6 Å². The molecule has 0 aliphatic carbocycles. The average Bonchev–Trinajstić information content (AvgIpc) is 2.48. The van der Waals surface area contributed by atoms with Crippen LogP contribution in [-0.2, 0) is 4.79 Å². The molecular weight excluding hydrogens is 348 g/mol. The van der Waals surface area contributed by atoms with Crippen LogP contribution in [0.2, 0.25) is 0 Å². The molecule has 1 amide bonds. The highest BCUT2D eigenvalue weighted by atomic mass is 79.9. The number of rotatable bonds is 5.